The average molecular weight is 393 g/mol. The third kappa shape index (κ3) is 4.56. The van der Waals surface area contributed by atoms with Crippen LogP contribution >= 0.6 is 12.4 Å². The van der Waals surface area contributed by atoms with E-state index in [2.05, 4.69) is 4.90 Å². The number of carbonyl (C=O) groups is 1. The van der Waals surface area contributed by atoms with Crippen LogP contribution in [-0.4, -0.2) is 38.9 Å². The molecule has 2 aromatic carbocycles. The first-order valence-corrected chi connectivity index (χ1v) is 8.50. The highest BCUT2D eigenvalue weighted by Gasteiger charge is 2.28. The fourth-order valence-corrected chi connectivity index (χ4v) is 3.38. The monoisotopic (exact) mass is 392 g/mol. The van der Waals surface area contributed by atoms with E-state index in [1.54, 1.807) is 0 Å². The SMILES string of the molecule is Cl.O=C(CC(c1ccccc1)N1CCCC1)c1cc(O)c(O)c([N+](=O)[O-])c1. The van der Waals surface area contributed by atoms with Gasteiger partial charge in [0, 0.05) is 24.1 Å². The molecule has 0 saturated carbocycles. The van der Waals surface area contributed by atoms with Crippen LogP contribution in [-0.2, 0) is 0 Å². The second kappa shape index (κ2) is 8.83. The molecule has 27 heavy (non-hydrogen) atoms. The van der Waals surface area contributed by atoms with Gasteiger partial charge in [-0.2, -0.15) is 0 Å². The second-order valence-corrected chi connectivity index (χ2v) is 6.42. The number of nitrogens with zero attached hydrogens (tertiary/aromatic N) is 2. The van der Waals surface area contributed by atoms with Crippen molar-refractivity contribution in [1.82, 2.24) is 4.90 Å². The maximum absolute atomic E-state index is 12.8. The molecule has 1 saturated heterocycles. The summed E-state index contributed by atoms with van der Waals surface area (Å²) in [4.78, 5) is 25.2. The van der Waals surface area contributed by atoms with Gasteiger partial charge in [-0.1, -0.05) is 30.3 Å². The summed E-state index contributed by atoms with van der Waals surface area (Å²) >= 11 is 0. The average Bonchev–Trinajstić information content (AvgIpc) is 3.16. The van der Waals surface area contributed by atoms with Crippen molar-refractivity contribution in [3.8, 4) is 11.5 Å². The van der Waals surface area contributed by atoms with Crippen molar-refractivity contribution in [2.45, 2.75) is 25.3 Å². The zero-order chi connectivity index (χ0) is 18.7. The molecule has 1 aliphatic heterocycles. The quantitative estimate of drug-likeness (QED) is 0.335. The molecule has 0 amide bonds. The summed E-state index contributed by atoms with van der Waals surface area (Å²) in [5, 5.41) is 30.3. The number of carbonyl (C=O) groups excluding carboxylic acids is 1. The number of phenolic OH excluding ortho intramolecular Hbond substituents is 2. The van der Waals surface area contributed by atoms with Crippen LogP contribution in [0.3, 0.4) is 0 Å². The molecule has 1 heterocycles. The number of Topliss-reactive ketones (excluding diaryl/α,β-unsaturated/α-hetero) is 1. The van der Waals surface area contributed by atoms with E-state index < -0.39 is 22.1 Å². The Morgan fingerprint density at radius 2 is 1.78 bits per heavy atom. The van der Waals surface area contributed by atoms with Gasteiger partial charge in [-0.15, -0.1) is 12.4 Å². The minimum absolute atomic E-state index is 0. The van der Waals surface area contributed by atoms with Gasteiger partial charge in [0.15, 0.2) is 11.5 Å². The number of aromatic hydroxyl groups is 2. The van der Waals surface area contributed by atoms with Crippen molar-refractivity contribution in [1.29, 1.82) is 0 Å². The lowest BCUT2D eigenvalue weighted by Crippen LogP contribution is -2.27. The molecule has 1 unspecified atom stereocenters. The van der Waals surface area contributed by atoms with Gasteiger partial charge < -0.3 is 10.2 Å². The first kappa shape index (κ1) is 20.7. The molecule has 0 spiro atoms. The van der Waals surface area contributed by atoms with Gasteiger partial charge in [0.05, 0.1) is 4.92 Å². The Kier molecular flexibility index (Phi) is 6.76. The van der Waals surface area contributed by atoms with Gasteiger partial charge in [0.25, 0.3) is 0 Å². The Labute approximate surface area is 162 Å². The number of benzene rings is 2. The fourth-order valence-electron chi connectivity index (χ4n) is 3.38. The topological polar surface area (TPSA) is 104 Å². The van der Waals surface area contributed by atoms with E-state index in [4.69, 9.17) is 0 Å². The Morgan fingerprint density at radius 3 is 2.37 bits per heavy atom. The first-order valence-electron chi connectivity index (χ1n) is 8.50. The minimum Gasteiger partial charge on any atom is -0.504 e. The van der Waals surface area contributed by atoms with Gasteiger partial charge >= 0.3 is 5.69 Å². The van der Waals surface area contributed by atoms with E-state index in [-0.39, 0.29) is 36.2 Å². The van der Waals surface area contributed by atoms with E-state index in [9.17, 15) is 25.1 Å². The summed E-state index contributed by atoms with van der Waals surface area (Å²) < 4.78 is 0. The maximum atomic E-state index is 12.8. The standard InChI is InChI=1S/C19H20N2O5.ClH/c22-17(14-10-16(21(25)26)19(24)18(23)11-14)12-15(20-8-4-5-9-20)13-6-2-1-3-7-13;/h1-3,6-7,10-11,15,23-24H,4-5,8-9,12H2;1H. The number of hydrogen-bond donors (Lipinski definition) is 2. The molecule has 1 aliphatic rings. The zero-order valence-electron chi connectivity index (χ0n) is 14.6. The highest BCUT2D eigenvalue weighted by atomic mass is 35.5. The van der Waals surface area contributed by atoms with Crippen LogP contribution in [0.2, 0.25) is 0 Å². The van der Waals surface area contributed by atoms with Gasteiger partial charge in [-0.05, 0) is 37.6 Å². The third-order valence-corrected chi connectivity index (χ3v) is 4.73. The van der Waals surface area contributed by atoms with Crippen LogP contribution in [0.15, 0.2) is 42.5 Å². The molecule has 144 valence electrons. The maximum Gasteiger partial charge on any atom is 0.315 e. The molecule has 1 atom stereocenters. The lowest BCUT2D eigenvalue weighted by atomic mass is 9.96. The zero-order valence-corrected chi connectivity index (χ0v) is 15.4. The second-order valence-electron chi connectivity index (χ2n) is 6.42. The number of halogens is 1. The molecule has 0 bridgehead atoms. The van der Waals surface area contributed by atoms with Crippen molar-refractivity contribution < 1.29 is 19.9 Å². The fraction of sp³-hybridized carbons (Fsp3) is 0.316. The number of phenols is 2. The van der Waals surface area contributed by atoms with Gasteiger partial charge in [-0.3, -0.25) is 19.8 Å². The third-order valence-electron chi connectivity index (χ3n) is 4.73. The van der Waals surface area contributed by atoms with E-state index in [1.165, 1.54) is 0 Å². The van der Waals surface area contributed by atoms with Gasteiger partial charge in [0.1, 0.15) is 0 Å². The molecular weight excluding hydrogens is 372 g/mol. The Hall–Kier alpha value is -2.64. The van der Waals surface area contributed by atoms with Crippen molar-refractivity contribution in [3.63, 3.8) is 0 Å². The molecule has 0 aromatic heterocycles. The Bertz CT molecular complexity index is 822. The summed E-state index contributed by atoms with van der Waals surface area (Å²) in [7, 11) is 0. The van der Waals surface area contributed by atoms with Crippen LogP contribution in [0, 0.1) is 10.1 Å². The van der Waals surface area contributed by atoms with E-state index in [0.717, 1.165) is 43.6 Å². The molecule has 0 radical (unpaired) electrons. The molecule has 7 nitrogen and oxygen atoms in total. The summed E-state index contributed by atoms with van der Waals surface area (Å²) in [6.07, 6.45) is 2.29. The molecule has 1 fully saturated rings. The summed E-state index contributed by atoms with van der Waals surface area (Å²) in [6, 6.07) is 11.6. The predicted molar refractivity (Wildman–Crippen MR) is 103 cm³/mol. The molecule has 2 aromatic rings. The van der Waals surface area contributed by atoms with Crippen LogP contribution < -0.4 is 0 Å². The Balaban J connectivity index is 0.00000261. The summed E-state index contributed by atoms with van der Waals surface area (Å²) in [6.45, 7) is 1.79. The van der Waals surface area contributed by atoms with Crippen molar-refractivity contribution in [2.75, 3.05) is 13.1 Å². The molecule has 8 heteroatoms. The smallest absolute Gasteiger partial charge is 0.315 e. The molecule has 2 N–H and O–H groups in total. The summed E-state index contributed by atoms with van der Waals surface area (Å²) in [5.41, 5.74) is 0.359. The molecular formula is C19H21ClN2O5. The van der Waals surface area contributed by atoms with E-state index in [0.29, 0.717) is 0 Å². The van der Waals surface area contributed by atoms with Crippen LogP contribution in [0.4, 0.5) is 5.69 Å². The van der Waals surface area contributed by atoms with Crippen LogP contribution in [0.25, 0.3) is 0 Å². The lowest BCUT2D eigenvalue weighted by molar-refractivity contribution is -0.386. The van der Waals surface area contributed by atoms with Gasteiger partial charge in [-0.25, -0.2) is 0 Å². The van der Waals surface area contributed by atoms with Crippen LogP contribution in [0.1, 0.15) is 41.2 Å². The molecule has 0 aliphatic carbocycles. The number of ketones is 1. The number of hydrogen-bond acceptors (Lipinski definition) is 6. The van der Waals surface area contributed by atoms with E-state index >= 15 is 0 Å². The van der Waals surface area contributed by atoms with Crippen LogP contribution in [0.5, 0.6) is 11.5 Å². The number of likely N-dealkylation sites (tertiary alicyclic amines) is 1. The van der Waals surface area contributed by atoms with Crippen molar-refractivity contribution in [2.24, 2.45) is 0 Å². The normalized spacial score (nSPS) is 15.1. The van der Waals surface area contributed by atoms with Gasteiger partial charge in [0.2, 0.25) is 5.75 Å². The summed E-state index contributed by atoms with van der Waals surface area (Å²) in [5.74, 6) is -1.81. The number of nitro benzene ring substituents is 1. The largest absolute Gasteiger partial charge is 0.504 e. The van der Waals surface area contributed by atoms with E-state index in [1.807, 2.05) is 30.3 Å². The number of rotatable bonds is 6. The lowest BCUT2D eigenvalue weighted by Gasteiger charge is -2.27. The molecule has 3 rings (SSSR count). The number of nitro groups is 1. The highest BCUT2D eigenvalue weighted by molar-refractivity contribution is 5.98. The van der Waals surface area contributed by atoms with Crippen molar-refractivity contribution in [3.05, 3.63) is 63.7 Å². The predicted octanol–water partition coefficient (Wildman–Crippen LogP) is 3.84. The first-order chi connectivity index (χ1) is 12.5. The Morgan fingerprint density at radius 1 is 1.15 bits per heavy atom. The minimum atomic E-state index is -0.828. The highest BCUT2D eigenvalue weighted by Crippen LogP contribution is 2.37. The van der Waals surface area contributed by atoms with Crippen molar-refractivity contribution >= 4 is 23.9 Å².